The molecule has 0 radical (unpaired) electrons. The predicted octanol–water partition coefficient (Wildman–Crippen LogP) is 3.97. The van der Waals surface area contributed by atoms with Gasteiger partial charge in [-0.2, -0.15) is 0 Å². The van der Waals surface area contributed by atoms with Gasteiger partial charge in [0, 0.05) is 11.0 Å². The van der Waals surface area contributed by atoms with Crippen LogP contribution in [0.25, 0.3) is 0 Å². The number of benzene rings is 2. The van der Waals surface area contributed by atoms with E-state index >= 15 is 0 Å². The lowest BCUT2D eigenvalue weighted by Gasteiger charge is -2.09. The maximum atomic E-state index is 11.0. The second-order valence-corrected chi connectivity index (χ2v) is 5.19. The van der Waals surface area contributed by atoms with Gasteiger partial charge in [0.15, 0.2) is 0 Å². The van der Waals surface area contributed by atoms with Crippen LogP contribution < -0.4 is 5.32 Å². The number of halogens is 1. The van der Waals surface area contributed by atoms with Crippen molar-refractivity contribution >= 4 is 41.1 Å². The van der Waals surface area contributed by atoms with Gasteiger partial charge in [0.1, 0.15) is 0 Å². The van der Waals surface area contributed by atoms with Crippen molar-refractivity contribution in [1.82, 2.24) is 0 Å². The third-order valence-corrected chi connectivity index (χ3v) is 3.90. The van der Waals surface area contributed by atoms with E-state index in [-0.39, 0.29) is 5.69 Å². The molecule has 7 heteroatoms. The van der Waals surface area contributed by atoms with Crippen LogP contribution in [-0.2, 0) is 4.79 Å². The zero-order valence-electron chi connectivity index (χ0n) is 10.1. The largest absolute Gasteiger partial charge is 0.326 e. The molecule has 2 aromatic rings. The van der Waals surface area contributed by atoms with Crippen molar-refractivity contribution in [2.75, 3.05) is 5.32 Å². The minimum Gasteiger partial charge on any atom is -0.326 e. The summed E-state index contributed by atoms with van der Waals surface area (Å²) in [5, 5.41) is 13.9. The molecule has 2 rings (SSSR count). The Morgan fingerprint density at radius 2 is 1.85 bits per heavy atom. The second-order valence-electron chi connectivity index (χ2n) is 3.70. The molecule has 0 saturated carbocycles. The lowest BCUT2D eigenvalue weighted by molar-refractivity contribution is -0.387. The van der Waals surface area contributed by atoms with E-state index in [2.05, 4.69) is 5.32 Å². The van der Waals surface area contributed by atoms with Gasteiger partial charge in [0.2, 0.25) is 6.41 Å². The van der Waals surface area contributed by atoms with Gasteiger partial charge >= 0.3 is 0 Å². The van der Waals surface area contributed by atoms with Gasteiger partial charge < -0.3 is 5.32 Å². The number of nitrogens with zero attached hydrogens (tertiary/aromatic N) is 1. The molecule has 0 aliphatic carbocycles. The first kappa shape index (κ1) is 14.4. The Morgan fingerprint density at radius 3 is 2.55 bits per heavy atom. The number of para-hydroxylation sites is 2. The van der Waals surface area contributed by atoms with E-state index in [4.69, 9.17) is 11.6 Å². The smallest absolute Gasteiger partial charge is 0.283 e. The molecule has 1 amide bonds. The second kappa shape index (κ2) is 6.40. The molecule has 1 N–H and O–H groups in total. The Labute approximate surface area is 124 Å². The lowest BCUT2D eigenvalue weighted by Crippen LogP contribution is -1.97. The topological polar surface area (TPSA) is 72.2 Å². The van der Waals surface area contributed by atoms with Crippen molar-refractivity contribution in [3.8, 4) is 0 Å². The number of hydrogen-bond donors (Lipinski definition) is 1. The van der Waals surface area contributed by atoms with Gasteiger partial charge in [-0.05, 0) is 18.2 Å². The van der Waals surface area contributed by atoms with Crippen LogP contribution in [0.15, 0.2) is 52.3 Å². The number of carbonyl (C=O) groups excluding carboxylic acids is 1. The van der Waals surface area contributed by atoms with E-state index < -0.39 is 4.92 Å². The molecule has 0 unspecified atom stereocenters. The third-order valence-electron chi connectivity index (χ3n) is 2.46. The predicted molar refractivity (Wildman–Crippen MR) is 78.4 cm³/mol. The van der Waals surface area contributed by atoms with E-state index in [0.29, 0.717) is 26.9 Å². The number of rotatable bonds is 5. The summed E-state index contributed by atoms with van der Waals surface area (Å²) in [6.07, 6.45) is 0.519. The number of anilines is 1. The quantitative estimate of drug-likeness (QED) is 0.515. The summed E-state index contributed by atoms with van der Waals surface area (Å²) < 4.78 is 0. The number of nitro groups is 1. The minimum atomic E-state index is -0.445. The van der Waals surface area contributed by atoms with Crippen LogP contribution in [0.2, 0.25) is 5.02 Å². The Hall–Kier alpha value is -2.05. The molecule has 20 heavy (non-hydrogen) atoms. The SMILES string of the molecule is O=CNc1c(Cl)cccc1Sc1ccccc1[N+](=O)[O-]. The highest BCUT2D eigenvalue weighted by molar-refractivity contribution is 7.99. The Bertz CT molecular complexity index is 664. The molecule has 0 aliphatic rings. The van der Waals surface area contributed by atoms with Crippen LogP contribution in [0.3, 0.4) is 0 Å². The zero-order chi connectivity index (χ0) is 14.5. The zero-order valence-corrected chi connectivity index (χ0v) is 11.6. The molecule has 0 spiro atoms. The number of nitrogens with one attached hydrogen (secondary N) is 1. The fourth-order valence-corrected chi connectivity index (χ4v) is 2.93. The molecule has 0 aromatic heterocycles. The van der Waals surface area contributed by atoms with E-state index in [9.17, 15) is 14.9 Å². The Balaban J connectivity index is 2.43. The first-order valence-corrected chi connectivity index (χ1v) is 6.73. The maximum absolute atomic E-state index is 11.0. The van der Waals surface area contributed by atoms with Gasteiger partial charge in [0.05, 0.1) is 20.5 Å². The van der Waals surface area contributed by atoms with Crippen molar-refractivity contribution < 1.29 is 9.72 Å². The molecule has 0 heterocycles. The molecular weight excluding hydrogens is 300 g/mol. The molecule has 102 valence electrons. The lowest BCUT2D eigenvalue weighted by atomic mass is 10.3. The number of amides is 1. The first-order valence-electron chi connectivity index (χ1n) is 5.53. The van der Waals surface area contributed by atoms with Gasteiger partial charge in [0.25, 0.3) is 5.69 Å². The minimum absolute atomic E-state index is 0.00882. The molecule has 0 fully saturated rings. The third kappa shape index (κ3) is 3.09. The van der Waals surface area contributed by atoms with Crippen molar-refractivity contribution in [3.63, 3.8) is 0 Å². The van der Waals surface area contributed by atoms with Crippen LogP contribution in [0, 0.1) is 10.1 Å². The molecule has 2 aromatic carbocycles. The first-order chi connectivity index (χ1) is 9.63. The standard InChI is InChI=1S/C13H9ClN2O3S/c14-9-4-3-7-12(13(9)15-8-17)20-11-6-2-1-5-10(11)16(18)19/h1-8H,(H,15,17). The van der Waals surface area contributed by atoms with Crippen molar-refractivity contribution in [3.05, 3.63) is 57.6 Å². The fourth-order valence-electron chi connectivity index (χ4n) is 1.60. The highest BCUT2D eigenvalue weighted by Crippen LogP contribution is 2.40. The number of nitro benzene ring substituents is 1. The van der Waals surface area contributed by atoms with Crippen LogP contribution in [0.1, 0.15) is 0 Å². The average Bonchev–Trinajstić information content (AvgIpc) is 2.43. The van der Waals surface area contributed by atoms with Gasteiger partial charge in [-0.3, -0.25) is 14.9 Å². The van der Waals surface area contributed by atoms with Gasteiger partial charge in [-0.1, -0.05) is 41.6 Å². The summed E-state index contributed by atoms with van der Waals surface area (Å²) in [7, 11) is 0. The normalized spacial score (nSPS) is 10.1. The Morgan fingerprint density at radius 1 is 1.15 bits per heavy atom. The van der Waals surface area contributed by atoms with Crippen molar-refractivity contribution in [2.45, 2.75) is 9.79 Å². The molecule has 0 atom stereocenters. The van der Waals surface area contributed by atoms with Crippen LogP contribution in [-0.4, -0.2) is 11.3 Å². The van der Waals surface area contributed by atoms with E-state index in [1.54, 1.807) is 36.4 Å². The molecule has 5 nitrogen and oxygen atoms in total. The van der Waals surface area contributed by atoms with E-state index in [1.165, 1.54) is 17.8 Å². The summed E-state index contributed by atoms with van der Waals surface area (Å²) in [5.41, 5.74) is 0.446. The Kier molecular flexibility index (Phi) is 4.60. The van der Waals surface area contributed by atoms with Crippen LogP contribution in [0.4, 0.5) is 11.4 Å². The average molecular weight is 309 g/mol. The van der Waals surface area contributed by atoms with E-state index in [1.807, 2.05) is 0 Å². The summed E-state index contributed by atoms with van der Waals surface area (Å²) >= 11 is 7.18. The summed E-state index contributed by atoms with van der Waals surface area (Å²) in [5.74, 6) is 0. The van der Waals surface area contributed by atoms with Crippen molar-refractivity contribution in [1.29, 1.82) is 0 Å². The maximum Gasteiger partial charge on any atom is 0.283 e. The fraction of sp³-hybridized carbons (Fsp3) is 0. The summed E-state index contributed by atoms with van der Waals surface area (Å²) in [4.78, 5) is 22.3. The molecule has 0 aliphatic heterocycles. The molecule has 0 saturated heterocycles. The number of hydrogen-bond acceptors (Lipinski definition) is 4. The summed E-state index contributed by atoms with van der Waals surface area (Å²) in [6, 6.07) is 11.5. The molecular formula is C13H9ClN2O3S. The van der Waals surface area contributed by atoms with Gasteiger partial charge in [-0.15, -0.1) is 0 Å². The highest BCUT2D eigenvalue weighted by Gasteiger charge is 2.16. The van der Waals surface area contributed by atoms with Gasteiger partial charge in [-0.25, -0.2) is 0 Å². The van der Waals surface area contributed by atoms with Crippen LogP contribution in [0.5, 0.6) is 0 Å². The van der Waals surface area contributed by atoms with E-state index in [0.717, 1.165) is 0 Å². The van der Waals surface area contributed by atoms with Crippen LogP contribution >= 0.6 is 23.4 Å². The number of carbonyl (C=O) groups is 1. The van der Waals surface area contributed by atoms with Crippen molar-refractivity contribution in [2.24, 2.45) is 0 Å². The molecule has 0 bridgehead atoms. The summed E-state index contributed by atoms with van der Waals surface area (Å²) in [6.45, 7) is 0. The monoisotopic (exact) mass is 308 g/mol. The highest BCUT2D eigenvalue weighted by atomic mass is 35.5.